The first-order valence-corrected chi connectivity index (χ1v) is 10.3. The maximum atomic E-state index is 12.8. The van der Waals surface area contributed by atoms with E-state index in [1.54, 1.807) is 24.3 Å². The van der Waals surface area contributed by atoms with E-state index in [1.807, 2.05) is 10.6 Å². The van der Waals surface area contributed by atoms with E-state index < -0.39 is 6.36 Å². The Balaban J connectivity index is 0.00000274. The zero-order valence-electron chi connectivity index (χ0n) is 17.7. The summed E-state index contributed by atoms with van der Waals surface area (Å²) >= 11 is 0. The molecule has 2 aliphatic heterocycles. The molecule has 5 rings (SSSR count). The Morgan fingerprint density at radius 3 is 2.65 bits per heavy atom. The molecule has 0 bridgehead atoms. The van der Waals surface area contributed by atoms with E-state index >= 15 is 0 Å². The van der Waals surface area contributed by atoms with E-state index in [1.165, 1.54) is 18.2 Å². The lowest BCUT2D eigenvalue weighted by Gasteiger charge is -2.28. The molecule has 34 heavy (non-hydrogen) atoms. The third-order valence-corrected chi connectivity index (χ3v) is 5.66. The Morgan fingerprint density at radius 1 is 1.09 bits per heavy atom. The number of halogens is 4. The molecule has 1 aromatic heterocycles. The standard InChI is InChI=1S/C23H20F3N3O4.ClH/c24-23(25,26)33-16-3-1-2-13(8-16)17-10-18-22(30)28-11-15(6-7-27)29(18)21(17)14-4-5-19-20(9-14)32-12-31-19;/h1-5,8-10,15H,6-7,11-12,27H2,(H,28,30);1H/t15-;/m0./s1. The topological polar surface area (TPSA) is 87.7 Å². The maximum absolute atomic E-state index is 12.8. The number of benzene rings is 2. The molecule has 0 radical (unpaired) electrons. The normalized spacial score (nSPS) is 16.5. The lowest BCUT2D eigenvalue weighted by atomic mass is 10.00. The van der Waals surface area contributed by atoms with Gasteiger partial charge in [0.15, 0.2) is 11.5 Å². The van der Waals surface area contributed by atoms with Crippen LogP contribution in [0.15, 0.2) is 48.5 Å². The molecule has 0 spiro atoms. The Labute approximate surface area is 199 Å². The van der Waals surface area contributed by atoms with Crippen molar-refractivity contribution in [2.24, 2.45) is 5.73 Å². The van der Waals surface area contributed by atoms with E-state index in [-0.39, 0.29) is 36.9 Å². The predicted octanol–water partition coefficient (Wildman–Crippen LogP) is 4.50. The molecular weight excluding hydrogens is 475 g/mol. The predicted molar refractivity (Wildman–Crippen MR) is 120 cm³/mol. The van der Waals surface area contributed by atoms with Gasteiger partial charge in [0.25, 0.3) is 5.91 Å². The summed E-state index contributed by atoms with van der Waals surface area (Å²) in [5.41, 5.74) is 8.72. The van der Waals surface area contributed by atoms with E-state index in [0.29, 0.717) is 53.5 Å². The number of carbonyl (C=O) groups is 1. The van der Waals surface area contributed by atoms with Crippen LogP contribution < -0.4 is 25.3 Å². The summed E-state index contributed by atoms with van der Waals surface area (Å²) in [7, 11) is 0. The third kappa shape index (κ3) is 4.38. The summed E-state index contributed by atoms with van der Waals surface area (Å²) in [4.78, 5) is 12.7. The van der Waals surface area contributed by atoms with Gasteiger partial charge in [0.2, 0.25) is 6.79 Å². The van der Waals surface area contributed by atoms with Crippen LogP contribution in [-0.2, 0) is 0 Å². The number of ether oxygens (including phenoxy) is 3. The lowest BCUT2D eigenvalue weighted by molar-refractivity contribution is -0.274. The first kappa shape index (κ1) is 23.8. The van der Waals surface area contributed by atoms with Crippen LogP contribution in [0.3, 0.4) is 0 Å². The molecule has 3 N–H and O–H groups in total. The highest BCUT2D eigenvalue weighted by Crippen LogP contribution is 2.43. The van der Waals surface area contributed by atoms with Crippen LogP contribution in [0.5, 0.6) is 17.2 Å². The zero-order chi connectivity index (χ0) is 23.2. The molecule has 0 unspecified atom stereocenters. The smallest absolute Gasteiger partial charge is 0.454 e. The van der Waals surface area contributed by atoms with Crippen molar-refractivity contribution in [3.8, 4) is 39.6 Å². The van der Waals surface area contributed by atoms with Crippen molar-refractivity contribution in [3.05, 3.63) is 54.2 Å². The summed E-state index contributed by atoms with van der Waals surface area (Å²) in [5, 5.41) is 2.87. The van der Waals surface area contributed by atoms with Gasteiger partial charge >= 0.3 is 6.36 Å². The molecule has 2 aromatic carbocycles. The average Bonchev–Trinajstić information content (AvgIpc) is 3.39. The van der Waals surface area contributed by atoms with Gasteiger partial charge in [-0.2, -0.15) is 0 Å². The van der Waals surface area contributed by atoms with Gasteiger partial charge in [-0.1, -0.05) is 12.1 Å². The average molecular weight is 496 g/mol. The highest BCUT2D eigenvalue weighted by atomic mass is 35.5. The minimum absolute atomic E-state index is 0. The van der Waals surface area contributed by atoms with E-state index in [4.69, 9.17) is 15.2 Å². The largest absolute Gasteiger partial charge is 0.573 e. The second-order valence-corrected chi connectivity index (χ2v) is 7.75. The van der Waals surface area contributed by atoms with Crippen LogP contribution in [0.4, 0.5) is 13.2 Å². The number of alkyl halides is 3. The fraction of sp³-hybridized carbons (Fsp3) is 0.261. The molecule has 3 aromatic rings. The first-order valence-electron chi connectivity index (χ1n) is 10.3. The maximum Gasteiger partial charge on any atom is 0.573 e. The number of rotatable bonds is 5. The van der Waals surface area contributed by atoms with Crippen LogP contribution in [0, 0.1) is 0 Å². The van der Waals surface area contributed by atoms with Crippen molar-refractivity contribution in [2.75, 3.05) is 19.9 Å². The summed E-state index contributed by atoms with van der Waals surface area (Å²) < 4.78 is 55.4. The fourth-order valence-electron chi connectivity index (χ4n) is 4.31. The van der Waals surface area contributed by atoms with Crippen LogP contribution in [0.1, 0.15) is 23.0 Å². The van der Waals surface area contributed by atoms with Crippen molar-refractivity contribution in [3.63, 3.8) is 0 Å². The summed E-state index contributed by atoms with van der Waals surface area (Å²) in [6, 6.07) is 12.7. The molecule has 1 atom stereocenters. The second kappa shape index (κ2) is 9.11. The highest BCUT2D eigenvalue weighted by Gasteiger charge is 2.33. The Bertz CT molecular complexity index is 1230. The third-order valence-electron chi connectivity index (χ3n) is 5.66. The van der Waals surface area contributed by atoms with E-state index in [2.05, 4.69) is 10.1 Å². The first-order chi connectivity index (χ1) is 15.8. The number of hydrogen-bond acceptors (Lipinski definition) is 5. The van der Waals surface area contributed by atoms with Crippen molar-refractivity contribution >= 4 is 18.3 Å². The van der Waals surface area contributed by atoms with Gasteiger partial charge in [0.05, 0.1) is 11.7 Å². The summed E-state index contributed by atoms with van der Waals surface area (Å²) in [5.74, 6) is 0.546. The number of fused-ring (bicyclic) bond motifs is 2. The molecule has 1 amide bonds. The number of nitrogens with zero attached hydrogens (tertiary/aromatic N) is 1. The number of hydrogen-bond donors (Lipinski definition) is 2. The van der Waals surface area contributed by atoms with Gasteiger partial charge in [-0.25, -0.2) is 0 Å². The number of aromatic nitrogens is 1. The van der Waals surface area contributed by atoms with Gasteiger partial charge in [0.1, 0.15) is 11.4 Å². The van der Waals surface area contributed by atoms with Crippen LogP contribution >= 0.6 is 12.4 Å². The van der Waals surface area contributed by atoms with Gasteiger partial charge < -0.3 is 29.8 Å². The molecule has 0 saturated heterocycles. The molecular formula is C23H21ClF3N3O4. The quantitative estimate of drug-likeness (QED) is 0.544. The minimum atomic E-state index is -4.81. The number of nitrogens with one attached hydrogen (secondary N) is 1. The molecule has 0 fully saturated rings. The van der Waals surface area contributed by atoms with Crippen LogP contribution in [-0.4, -0.2) is 36.7 Å². The van der Waals surface area contributed by atoms with Gasteiger partial charge in [0, 0.05) is 17.7 Å². The van der Waals surface area contributed by atoms with Gasteiger partial charge in [-0.3, -0.25) is 4.79 Å². The van der Waals surface area contributed by atoms with Crippen molar-refractivity contribution < 1.29 is 32.2 Å². The summed E-state index contributed by atoms with van der Waals surface area (Å²) in [6.07, 6.45) is -4.21. The Hall–Kier alpha value is -3.37. The molecule has 180 valence electrons. The molecule has 0 aliphatic carbocycles. The van der Waals surface area contributed by atoms with Gasteiger partial charge in [-0.05, 0) is 54.9 Å². The molecule has 11 heteroatoms. The molecule has 2 aliphatic rings. The van der Waals surface area contributed by atoms with Crippen LogP contribution in [0.25, 0.3) is 22.4 Å². The van der Waals surface area contributed by atoms with Crippen molar-refractivity contribution in [1.29, 1.82) is 0 Å². The second-order valence-electron chi connectivity index (χ2n) is 7.75. The molecule has 0 saturated carbocycles. The number of carbonyl (C=O) groups excluding carboxylic acids is 1. The Morgan fingerprint density at radius 2 is 1.88 bits per heavy atom. The summed E-state index contributed by atoms with van der Waals surface area (Å²) in [6.45, 7) is 0.905. The van der Waals surface area contributed by atoms with Crippen molar-refractivity contribution in [2.45, 2.75) is 18.8 Å². The zero-order valence-corrected chi connectivity index (χ0v) is 18.5. The number of amides is 1. The molecule has 7 nitrogen and oxygen atoms in total. The Kier molecular flexibility index (Phi) is 6.37. The van der Waals surface area contributed by atoms with Gasteiger partial charge in [-0.15, -0.1) is 25.6 Å². The highest BCUT2D eigenvalue weighted by molar-refractivity contribution is 5.99. The van der Waals surface area contributed by atoms with E-state index in [0.717, 1.165) is 5.56 Å². The SMILES string of the molecule is Cl.NCC[C@H]1CNC(=O)c2cc(-c3cccc(OC(F)(F)F)c3)c(-c3ccc4c(c3)OCO4)n21. The molecule has 3 heterocycles. The minimum Gasteiger partial charge on any atom is -0.454 e. The monoisotopic (exact) mass is 495 g/mol. The lowest BCUT2D eigenvalue weighted by Crippen LogP contribution is -2.39. The fourth-order valence-corrected chi connectivity index (χ4v) is 4.31. The van der Waals surface area contributed by atoms with Crippen LogP contribution in [0.2, 0.25) is 0 Å². The van der Waals surface area contributed by atoms with E-state index in [9.17, 15) is 18.0 Å². The number of nitrogens with two attached hydrogens (primary N) is 1. The van der Waals surface area contributed by atoms with Crippen molar-refractivity contribution in [1.82, 2.24) is 9.88 Å².